The summed E-state index contributed by atoms with van der Waals surface area (Å²) in [5.41, 5.74) is 0.769. The number of halogens is 1. The lowest BCUT2D eigenvalue weighted by atomic mass is 10.2. The molecule has 0 fully saturated rings. The molecule has 0 aliphatic rings. The number of amides is 1. The number of benzene rings is 1. The Morgan fingerprint density at radius 1 is 1.35 bits per heavy atom. The third-order valence-electron chi connectivity index (χ3n) is 2.59. The average Bonchev–Trinajstić information content (AvgIpc) is 2.34. The molecule has 7 heteroatoms. The van der Waals surface area contributed by atoms with Crippen molar-refractivity contribution in [3.63, 3.8) is 0 Å². The maximum absolute atomic E-state index is 11.7. The molecule has 20 heavy (non-hydrogen) atoms. The molecule has 1 amide bonds. The Balaban J connectivity index is 2.65. The molecular formula is C13H18BrN3O3. The lowest BCUT2D eigenvalue weighted by molar-refractivity contribution is -0.385. The molecule has 0 saturated carbocycles. The molecule has 0 aromatic heterocycles. The van der Waals surface area contributed by atoms with E-state index < -0.39 is 4.92 Å². The highest BCUT2D eigenvalue weighted by Crippen LogP contribution is 2.21. The van der Waals surface area contributed by atoms with Gasteiger partial charge in [-0.1, -0.05) is 15.9 Å². The lowest BCUT2D eigenvalue weighted by Crippen LogP contribution is -2.44. The van der Waals surface area contributed by atoms with E-state index in [2.05, 4.69) is 26.6 Å². The van der Waals surface area contributed by atoms with Gasteiger partial charge in [0, 0.05) is 29.2 Å². The van der Waals surface area contributed by atoms with Crippen molar-refractivity contribution in [3.05, 3.63) is 38.3 Å². The third kappa shape index (κ3) is 5.26. The third-order valence-corrected chi connectivity index (χ3v) is 3.05. The average molecular weight is 344 g/mol. The second-order valence-corrected chi connectivity index (χ2v) is 5.76. The first kappa shape index (κ1) is 16.6. The standard InChI is InChI=1S/C13H18BrN3O3/c1-8(2)16-13(18)9(3)15-7-10-4-11(14)6-12(5-10)17(19)20/h4-6,8-9,15H,7H2,1-3H3,(H,16,18). The van der Waals surface area contributed by atoms with Crippen molar-refractivity contribution in [3.8, 4) is 0 Å². The van der Waals surface area contributed by atoms with Gasteiger partial charge in [-0.05, 0) is 32.4 Å². The highest BCUT2D eigenvalue weighted by Gasteiger charge is 2.14. The fourth-order valence-electron chi connectivity index (χ4n) is 1.61. The Hall–Kier alpha value is -1.47. The molecule has 1 aromatic rings. The van der Waals surface area contributed by atoms with E-state index in [9.17, 15) is 14.9 Å². The van der Waals surface area contributed by atoms with Gasteiger partial charge in [-0.3, -0.25) is 14.9 Å². The van der Waals surface area contributed by atoms with Gasteiger partial charge in [-0.15, -0.1) is 0 Å². The van der Waals surface area contributed by atoms with E-state index in [0.717, 1.165) is 5.56 Å². The monoisotopic (exact) mass is 343 g/mol. The van der Waals surface area contributed by atoms with E-state index in [1.54, 1.807) is 13.0 Å². The van der Waals surface area contributed by atoms with Gasteiger partial charge in [0.25, 0.3) is 5.69 Å². The molecule has 2 N–H and O–H groups in total. The zero-order valence-corrected chi connectivity index (χ0v) is 13.2. The first-order chi connectivity index (χ1) is 9.29. The molecule has 0 aliphatic heterocycles. The summed E-state index contributed by atoms with van der Waals surface area (Å²) in [5.74, 6) is -0.0931. The summed E-state index contributed by atoms with van der Waals surface area (Å²) in [5, 5.41) is 16.6. The van der Waals surface area contributed by atoms with Crippen LogP contribution in [-0.4, -0.2) is 22.9 Å². The maximum Gasteiger partial charge on any atom is 0.270 e. The second-order valence-electron chi connectivity index (χ2n) is 4.84. The van der Waals surface area contributed by atoms with Crippen LogP contribution in [0.15, 0.2) is 22.7 Å². The van der Waals surface area contributed by atoms with Crippen molar-refractivity contribution in [2.24, 2.45) is 0 Å². The normalized spacial score (nSPS) is 12.2. The van der Waals surface area contributed by atoms with Crippen molar-refractivity contribution in [2.75, 3.05) is 0 Å². The maximum atomic E-state index is 11.7. The van der Waals surface area contributed by atoms with Gasteiger partial charge in [0.1, 0.15) is 0 Å². The number of nitrogens with zero attached hydrogens (tertiary/aromatic N) is 1. The SMILES string of the molecule is CC(C)NC(=O)C(C)NCc1cc(Br)cc([N+](=O)[O-])c1. The van der Waals surface area contributed by atoms with Crippen LogP contribution < -0.4 is 10.6 Å². The number of hydrogen-bond donors (Lipinski definition) is 2. The van der Waals surface area contributed by atoms with Gasteiger partial charge in [-0.2, -0.15) is 0 Å². The molecule has 0 bridgehead atoms. The molecule has 0 spiro atoms. The van der Waals surface area contributed by atoms with Crippen LogP contribution in [0.25, 0.3) is 0 Å². The zero-order valence-electron chi connectivity index (χ0n) is 11.6. The minimum atomic E-state index is -0.441. The summed E-state index contributed by atoms with van der Waals surface area (Å²) in [6.45, 7) is 5.92. The van der Waals surface area contributed by atoms with Crippen LogP contribution in [0.1, 0.15) is 26.3 Å². The fourth-order valence-corrected chi connectivity index (χ4v) is 2.14. The quantitative estimate of drug-likeness (QED) is 0.613. The minimum absolute atomic E-state index is 0.0236. The largest absolute Gasteiger partial charge is 0.353 e. The van der Waals surface area contributed by atoms with Crippen LogP contribution in [0.3, 0.4) is 0 Å². The molecule has 0 saturated heterocycles. The first-order valence-corrected chi connectivity index (χ1v) is 7.06. The predicted molar refractivity (Wildman–Crippen MR) is 80.4 cm³/mol. The van der Waals surface area contributed by atoms with Crippen LogP contribution in [0.5, 0.6) is 0 Å². The van der Waals surface area contributed by atoms with Crippen molar-refractivity contribution < 1.29 is 9.72 Å². The molecule has 0 radical (unpaired) electrons. The van der Waals surface area contributed by atoms with E-state index in [-0.39, 0.29) is 23.7 Å². The van der Waals surface area contributed by atoms with Gasteiger partial charge in [0.15, 0.2) is 0 Å². The second kappa shape index (κ2) is 7.35. The molecule has 6 nitrogen and oxygen atoms in total. The molecule has 1 rings (SSSR count). The van der Waals surface area contributed by atoms with E-state index in [0.29, 0.717) is 11.0 Å². The van der Waals surface area contributed by atoms with Crippen molar-refractivity contribution in [2.45, 2.75) is 39.4 Å². The molecule has 1 aromatic carbocycles. The summed E-state index contributed by atoms with van der Waals surface area (Å²) < 4.78 is 0.641. The molecule has 1 atom stereocenters. The number of carbonyl (C=O) groups excluding carboxylic acids is 1. The van der Waals surface area contributed by atoms with Crippen molar-refractivity contribution in [1.82, 2.24) is 10.6 Å². The predicted octanol–water partition coefficient (Wildman–Crippen LogP) is 2.36. The summed E-state index contributed by atoms with van der Waals surface area (Å²) in [4.78, 5) is 22.1. The lowest BCUT2D eigenvalue weighted by Gasteiger charge is -2.16. The number of nitrogens with one attached hydrogen (secondary N) is 2. The zero-order chi connectivity index (χ0) is 15.3. The Morgan fingerprint density at radius 2 is 2.00 bits per heavy atom. The van der Waals surface area contributed by atoms with Crippen molar-refractivity contribution >= 4 is 27.5 Å². The van der Waals surface area contributed by atoms with Crippen LogP contribution >= 0.6 is 15.9 Å². The first-order valence-electron chi connectivity index (χ1n) is 6.27. The number of nitro benzene ring substituents is 1. The smallest absolute Gasteiger partial charge is 0.270 e. The summed E-state index contributed by atoms with van der Waals surface area (Å²) in [7, 11) is 0. The Morgan fingerprint density at radius 3 is 2.55 bits per heavy atom. The van der Waals surface area contributed by atoms with E-state index >= 15 is 0 Å². The Kier molecular flexibility index (Phi) is 6.09. The van der Waals surface area contributed by atoms with Crippen LogP contribution in [0.2, 0.25) is 0 Å². The van der Waals surface area contributed by atoms with Crippen LogP contribution in [0, 0.1) is 10.1 Å². The van der Waals surface area contributed by atoms with E-state index in [4.69, 9.17) is 0 Å². The van der Waals surface area contributed by atoms with Gasteiger partial charge in [0.05, 0.1) is 11.0 Å². The van der Waals surface area contributed by atoms with Crippen LogP contribution in [0.4, 0.5) is 5.69 Å². The van der Waals surface area contributed by atoms with Gasteiger partial charge in [0.2, 0.25) is 5.91 Å². The molecule has 0 heterocycles. The van der Waals surface area contributed by atoms with Crippen LogP contribution in [-0.2, 0) is 11.3 Å². The molecule has 0 aliphatic carbocycles. The Labute approximate surface area is 126 Å². The fraction of sp³-hybridized carbons (Fsp3) is 0.462. The van der Waals surface area contributed by atoms with Crippen molar-refractivity contribution in [1.29, 1.82) is 0 Å². The van der Waals surface area contributed by atoms with E-state index in [1.165, 1.54) is 12.1 Å². The molecule has 1 unspecified atom stereocenters. The highest BCUT2D eigenvalue weighted by atomic mass is 79.9. The molecular weight excluding hydrogens is 326 g/mol. The minimum Gasteiger partial charge on any atom is -0.353 e. The van der Waals surface area contributed by atoms with Gasteiger partial charge in [-0.25, -0.2) is 0 Å². The number of non-ortho nitro benzene ring substituents is 1. The topological polar surface area (TPSA) is 84.3 Å². The summed E-state index contributed by atoms with van der Waals surface area (Å²) in [6.07, 6.45) is 0. The highest BCUT2D eigenvalue weighted by molar-refractivity contribution is 9.10. The number of nitro groups is 1. The van der Waals surface area contributed by atoms with E-state index in [1.807, 2.05) is 13.8 Å². The summed E-state index contributed by atoms with van der Waals surface area (Å²) in [6, 6.07) is 4.44. The number of carbonyl (C=O) groups is 1. The van der Waals surface area contributed by atoms with Gasteiger partial charge < -0.3 is 10.6 Å². The Bertz CT molecular complexity index is 506. The summed E-state index contributed by atoms with van der Waals surface area (Å²) >= 11 is 3.24. The number of rotatable bonds is 6. The number of hydrogen-bond acceptors (Lipinski definition) is 4. The molecule has 110 valence electrons. The van der Waals surface area contributed by atoms with Gasteiger partial charge >= 0.3 is 0 Å².